The van der Waals surface area contributed by atoms with Gasteiger partial charge in [-0.25, -0.2) is 9.48 Å². The average molecular weight is 446 g/mol. The Morgan fingerprint density at radius 2 is 1.91 bits per heavy atom. The lowest BCUT2D eigenvalue weighted by molar-refractivity contribution is -0.141. The first-order valence-electron chi connectivity index (χ1n) is 10.1. The number of phenols is 1. The number of aromatic nitrogens is 2. The summed E-state index contributed by atoms with van der Waals surface area (Å²) in [7, 11) is 1.55. The molecule has 1 unspecified atom stereocenters. The van der Waals surface area contributed by atoms with Crippen molar-refractivity contribution in [3.8, 4) is 17.2 Å². The predicted molar refractivity (Wildman–Crippen MR) is 122 cm³/mol. The van der Waals surface area contributed by atoms with E-state index in [1.54, 1.807) is 68.7 Å². The third-order valence-electron chi connectivity index (χ3n) is 5.45. The summed E-state index contributed by atoms with van der Waals surface area (Å²) in [6.45, 7) is 1.66. The Hall–Kier alpha value is -4.40. The Kier molecular flexibility index (Phi) is 5.70. The second-order valence-electron chi connectivity index (χ2n) is 7.60. The van der Waals surface area contributed by atoms with E-state index in [-0.39, 0.29) is 17.9 Å². The van der Waals surface area contributed by atoms with Gasteiger partial charge in [0.1, 0.15) is 11.5 Å². The topological polar surface area (TPSA) is 129 Å². The Labute approximate surface area is 189 Å². The van der Waals surface area contributed by atoms with Crippen LogP contribution in [-0.4, -0.2) is 38.6 Å². The fourth-order valence-corrected chi connectivity index (χ4v) is 3.63. The first-order valence-corrected chi connectivity index (χ1v) is 10.1. The van der Waals surface area contributed by atoms with Crippen LogP contribution in [0.4, 0.5) is 5.69 Å². The number of carboxylic acid groups (broad SMARTS) is 1. The van der Waals surface area contributed by atoms with Gasteiger partial charge in [0.2, 0.25) is 5.54 Å². The number of aromatic amines is 1. The normalized spacial score (nSPS) is 17.8. The molecule has 1 aromatic heterocycles. The summed E-state index contributed by atoms with van der Waals surface area (Å²) in [5.41, 5.74) is -0.0394. The number of para-hydroxylation sites is 1. The van der Waals surface area contributed by atoms with Crippen molar-refractivity contribution in [2.24, 2.45) is 10.2 Å². The minimum absolute atomic E-state index is 0.0125. The molecule has 0 spiro atoms. The van der Waals surface area contributed by atoms with E-state index in [2.05, 4.69) is 15.3 Å². The van der Waals surface area contributed by atoms with Crippen molar-refractivity contribution in [2.75, 3.05) is 7.11 Å². The van der Waals surface area contributed by atoms with Crippen molar-refractivity contribution in [3.05, 3.63) is 88.4 Å². The van der Waals surface area contributed by atoms with Gasteiger partial charge in [-0.1, -0.05) is 30.4 Å². The highest BCUT2D eigenvalue weighted by Gasteiger charge is 2.39. The van der Waals surface area contributed by atoms with Gasteiger partial charge in [-0.15, -0.1) is 5.11 Å². The molecular formula is C24H22N4O5. The van der Waals surface area contributed by atoms with E-state index in [1.807, 2.05) is 0 Å². The summed E-state index contributed by atoms with van der Waals surface area (Å²) in [5, 5.41) is 31.3. The smallest absolute Gasteiger partial charge is 0.337 e. The third-order valence-corrected chi connectivity index (χ3v) is 5.45. The standard InChI is InChI=1S/C24H22N4O5/c1-15-21(22(30)28(26-15)17-9-11-18(33-2)12-10-17)25-27-24(23(31)32)13-5-6-16(14-24)19-7-3-4-8-20(19)29/h3-13,26,29H,14H2,1-2H3,(H,31,32). The molecule has 0 aliphatic heterocycles. The number of allylic oxidation sites excluding steroid dienone is 2. The fourth-order valence-electron chi connectivity index (χ4n) is 3.63. The molecule has 1 heterocycles. The van der Waals surface area contributed by atoms with Crippen molar-refractivity contribution >= 4 is 17.2 Å². The summed E-state index contributed by atoms with van der Waals surface area (Å²) in [4.78, 5) is 25.2. The van der Waals surface area contributed by atoms with E-state index < -0.39 is 17.1 Å². The molecule has 0 amide bonds. The number of phenolic OH excluding ortho intramolecular Hbond substituents is 1. The van der Waals surface area contributed by atoms with Gasteiger partial charge >= 0.3 is 5.97 Å². The number of H-pyrrole nitrogens is 1. The first-order chi connectivity index (χ1) is 15.8. The van der Waals surface area contributed by atoms with Crippen LogP contribution in [-0.2, 0) is 4.79 Å². The summed E-state index contributed by atoms with van der Waals surface area (Å²) in [6, 6.07) is 13.5. The Morgan fingerprint density at radius 1 is 1.18 bits per heavy atom. The van der Waals surface area contributed by atoms with Crippen LogP contribution >= 0.6 is 0 Å². The molecule has 3 aromatic rings. The lowest BCUT2D eigenvalue weighted by Crippen LogP contribution is -2.35. The maximum atomic E-state index is 13.0. The number of aryl methyl sites for hydroxylation is 1. The Morgan fingerprint density at radius 3 is 2.58 bits per heavy atom. The Bertz CT molecular complexity index is 1350. The van der Waals surface area contributed by atoms with Crippen LogP contribution in [0.25, 0.3) is 11.3 Å². The number of ether oxygens (including phenoxy) is 1. The molecule has 0 bridgehead atoms. The quantitative estimate of drug-likeness (QED) is 0.490. The number of nitrogens with one attached hydrogen (secondary N) is 1. The summed E-state index contributed by atoms with van der Waals surface area (Å²) < 4.78 is 6.44. The van der Waals surface area contributed by atoms with Gasteiger partial charge in [-0.05, 0) is 48.9 Å². The number of hydrogen-bond donors (Lipinski definition) is 3. The maximum Gasteiger partial charge on any atom is 0.337 e. The second kappa shape index (κ2) is 8.62. The zero-order chi connectivity index (χ0) is 23.6. The molecule has 0 fully saturated rings. The first kappa shape index (κ1) is 21.8. The van der Waals surface area contributed by atoms with Crippen molar-refractivity contribution in [2.45, 2.75) is 18.9 Å². The SMILES string of the molecule is COc1ccc(-n2[nH]c(C)c(N=NC3(C(=O)O)C=CC=C(c4ccccc4O)C3)c2=O)cc1. The number of azo groups is 1. The average Bonchev–Trinajstić information content (AvgIpc) is 3.11. The number of rotatable bonds is 6. The van der Waals surface area contributed by atoms with Crippen LogP contribution in [0, 0.1) is 6.92 Å². The minimum Gasteiger partial charge on any atom is -0.507 e. The van der Waals surface area contributed by atoms with E-state index in [0.29, 0.717) is 28.3 Å². The molecular weight excluding hydrogens is 424 g/mol. The number of carbonyl (C=O) groups is 1. The summed E-state index contributed by atoms with van der Waals surface area (Å²) in [6.07, 6.45) is 4.68. The van der Waals surface area contributed by atoms with Crippen LogP contribution in [0.5, 0.6) is 11.5 Å². The molecule has 9 heteroatoms. The number of aliphatic carboxylic acids is 1. The molecule has 4 rings (SSSR count). The van der Waals surface area contributed by atoms with Gasteiger partial charge in [-0.3, -0.25) is 9.89 Å². The van der Waals surface area contributed by atoms with Crippen LogP contribution in [0.2, 0.25) is 0 Å². The monoisotopic (exact) mass is 446 g/mol. The predicted octanol–water partition coefficient (Wildman–Crippen LogP) is 4.14. The number of methoxy groups -OCH3 is 1. The van der Waals surface area contributed by atoms with Crippen LogP contribution in [0.3, 0.4) is 0 Å². The van der Waals surface area contributed by atoms with Gasteiger partial charge < -0.3 is 14.9 Å². The van der Waals surface area contributed by atoms with Gasteiger partial charge in [-0.2, -0.15) is 5.11 Å². The molecule has 3 N–H and O–H groups in total. The van der Waals surface area contributed by atoms with Crippen molar-refractivity contribution < 1.29 is 19.7 Å². The van der Waals surface area contributed by atoms with Gasteiger partial charge in [0.25, 0.3) is 5.56 Å². The minimum atomic E-state index is -1.71. The highest BCUT2D eigenvalue weighted by Crippen LogP contribution is 2.37. The van der Waals surface area contributed by atoms with E-state index >= 15 is 0 Å². The molecule has 2 aromatic carbocycles. The van der Waals surface area contributed by atoms with Gasteiger partial charge in [0.05, 0.1) is 18.5 Å². The van der Waals surface area contributed by atoms with Crippen molar-refractivity contribution in [1.82, 2.24) is 9.78 Å². The zero-order valence-electron chi connectivity index (χ0n) is 18.0. The largest absolute Gasteiger partial charge is 0.507 e. The lowest BCUT2D eigenvalue weighted by Gasteiger charge is -2.24. The third kappa shape index (κ3) is 4.08. The molecule has 33 heavy (non-hydrogen) atoms. The number of nitrogens with zero attached hydrogens (tertiary/aromatic N) is 3. The molecule has 0 saturated carbocycles. The molecule has 0 saturated heterocycles. The molecule has 168 valence electrons. The number of carboxylic acids is 1. The number of aromatic hydroxyl groups is 1. The van der Waals surface area contributed by atoms with Gasteiger partial charge in [0, 0.05) is 12.0 Å². The fraction of sp³-hybridized carbons (Fsp3) is 0.167. The van der Waals surface area contributed by atoms with Crippen LogP contribution < -0.4 is 10.3 Å². The van der Waals surface area contributed by atoms with E-state index in [9.17, 15) is 19.8 Å². The molecule has 0 radical (unpaired) electrons. The highest BCUT2D eigenvalue weighted by molar-refractivity contribution is 5.88. The Balaban J connectivity index is 1.68. The summed E-state index contributed by atoms with van der Waals surface area (Å²) in [5.74, 6) is -0.526. The molecule has 1 aliphatic carbocycles. The highest BCUT2D eigenvalue weighted by atomic mass is 16.5. The zero-order valence-corrected chi connectivity index (χ0v) is 18.0. The summed E-state index contributed by atoms with van der Waals surface area (Å²) >= 11 is 0. The van der Waals surface area contributed by atoms with Crippen molar-refractivity contribution in [1.29, 1.82) is 0 Å². The number of benzene rings is 2. The second-order valence-corrected chi connectivity index (χ2v) is 7.60. The maximum absolute atomic E-state index is 13.0. The number of hydrogen-bond acceptors (Lipinski definition) is 6. The van der Waals surface area contributed by atoms with Crippen LogP contribution in [0.1, 0.15) is 17.7 Å². The molecule has 1 atom stereocenters. The lowest BCUT2D eigenvalue weighted by atomic mass is 9.84. The van der Waals surface area contributed by atoms with E-state index in [4.69, 9.17) is 4.74 Å². The molecule has 1 aliphatic rings. The van der Waals surface area contributed by atoms with Crippen molar-refractivity contribution in [3.63, 3.8) is 0 Å². The van der Waals surface area contributed by atoms with Crippen LogP contribution in [0.15, 0.2) is 81.8 Å². The van der Waals surface area contributed by atoms with E-state index in [1.165, 1.54) is 16.8 Å². The van der Waals surface area contributed by atoms with Gasteiger partial charge in [0.15, 0.2) is 5.69 Å². The van der Waals surface area contributed by atoms with E-state index in [0.717, 1.165) is 0 Å². The molecule has 9 nitrogen and oxygen atoms in total.